The minimum Gasteiger partial charge on any atom is -0.384 e. The van der Waals surface area contributed by atoms with Gasteiger partial charge in [0, 0.05) is 6.42 Å². The number of allylic oxidation sites excluding steroid dienone is 1. The molecule has 0 aromatic heterocycles. The number of amidine groups is 1. The van der Waals surface area contributed by atoms with Crippen molar-refractivity contribution in [2.45, 2.75) is 20.3 Å². The van der Waals surface area contributed by atoms with Crippen LogP contribution in [0.1, 0.15) is 20.3 Å². The molecule has 0 aliphatic heterocycles. The molecule has 0 aromatic carbocycles. The van der Waals surface area contributed by atoms with Crippen LogP contribution in [0.5, 0.6) is 0 Å². The number of carbonyl (C=O) groups excluding carboxylic acids is 1. The normalized spacial score (nSPS) is 29.8. The smallest absolute Gasteiger partial charge is 0.166 e. The van der Waals surface area contributed by atoms with Crippen LogP contribution in [-0.4, -0.2) is 11.6 Å². The number of rotatable bonds is 1. The SMILES string of the molecule is CC1C=C(C(=N)N)C(=O)CC1C. The van der Waals surface area contributed by atoms with Gasteiger partial charge in [-0.2, -0.15) is 0 Å². The molecule has 1 aliphatic rings. The maximum Gasteiger partial charge on any atom is 0.166 e. The molecule has 66 valence electrons. The van der Waals surface area contributed by atoms with E-state index in [-0.39, 0.29) is 11.6 Å². The van der Waals surface area contributed by atoms with E-state index in [0.717, 1.165) is 0 Å². The van der Waals surface area contributed by atoms with Crippen molar-refractivity contribution >= 4 is 11.6 Å². The van der Waals surface area contributed by atoms with Gasteiger partial charge in [-0.05, 0) is 11.8 Å². The van der Waals surface area contributed by atoms with Crippen LogP contribution < -0.4 is 5.73 Å². The van der Waals surface area contributed by atoms with Gasteiger partial charge in [-0.3, -0.25) is 10.2 Å². The maximum atomic E-state index is 11.3. The van der Waals surface area contributed by atoms with Crippen LogP contribution in [0.15, 0.2) is 11.6 Å². The van der Waals surface area contributed by atoms with Gasteiger partial charge in [-0.15, -0.1) is 0 Å². The van der Waals surface area contributed by atoms with Crippen molar-refractivity contribution in [2.24, 2.45) is 17.6 Å². The van der Waals surface area contributed by atoms with E-state index in [0.29, 0.717) is 23.8 Å². The fraction of sp³-hybridized carbons (Fsp3) is 0.556. The summed E-state index contributed by atoms with van der Waals surface area (Å²) in [7, 11) is 0. The van der Waals surface area contributed by atoms with E-state index in [1.165, 1.54) is 0 Å². The van der Waals surface area contributed by atoms with Crippen LogP contribution >= 0.6 is 0 Å². The molecule has 0 saturated heterocycles. The Hall–Kier alpha value is -1.12. The molecule has 0 saturated carbocycles. The Morgan fingerprint density at radius 1 is 1.67 bits per heavy atom. The van der Waals surface area contributed by atoms with Crippen LogP contribution in [0.25, 0.3) is 0 Å². The number of hydrogen-bond donors (Lipinski definition) is 2. The second kappa shape index (κ2) is 3.09. The van der Waals surface area contributed by atoms with Crippen LogP contribution in [0.2, 0.25) is 0 Å². The van der Waals surface area contributed by atoms with Gasteiger partial charge >= 0.3 is 0 Å². The number of hydrogen-bond acceptors (Lipinski definition) is 2. The van der Waals surface area contributed by atoms with Crippen LogP contribution in [0.3, 0.4) is 0 Å². The quantitative estimate of drug-likeness (QED) is 0.452. The van der Waals surface area contributed by atoms with Gasteiger partial charge in [0.05, 0.1) is 5.57 Å². The summed E-state index contributed by atoms with van der Waals surface area (Å²) in [4.78, 5) is 11.3. The molecule has 0 fully saturated rings. The van der Waals surface area contributed by atoms with Crippen LogP contribution in [-0.2, 0) is 4.79 Å². The van der Waals surface area contributed by atoms with Gasteiger partial charge in [-0.1, -0.05) is 19.9 Å². The molecule has 0 radical (unpaired) electrons. The molecule has 0 aromatic rings. The first-order valence-corrected chi connectivity index (χ1v) is 4.11. The summed E-state index contributed by atoms with van der Waals surface area (Å²) in [5.74, 6) is 0.633. The van der Waals surface area contributed by atoms with Gasteiger partial charge in [0.25, 0.3) is 0 Å². The second-order valence-electron chi connectivity index (χ2n) is 3.46. The average molecular weight is 166 g/mol. The van der Waals surface area contributed by atoms with Crippen molar-refractivity contribution in [3.8, 4) is 0 Å². The standard InChI is InChI=1S/C9H14N2O/c1-5-3-7(9(10)11)8(12)4-6(5)2/h3,5-6H,4H2,1-2H3,(H3,10,11). The van der Waals surface area contributed by atoms with Crippen molar-refractivity contribution in [3.63, 3.8) is 0 Å². The first kappa shape index (κ1) is 8.97. The van der Waals surface area contributed by atoms with Crippen molar-refractivity contribution in [1.82, 2.24) is 0 Å². The number of nitrogens with two attached hydrogens (primary N) is 1. The number of nitrogens with one attached hydrogen (secondary N) is 1. The molecule has 3 nitrogen and oxygen atoms in total. The van der Waals surface area contributed by atoms with E-state index in [1.807, 2.05) is 13.8 Å². The number of ketones is 1. The Morgan fingerprint density at radius 2 is 2.25 bits per heavy atom. The highest BCUT2D eigenvalue weighted by Gasteiger charge is 2.25. The fourth-order valence-corrected chi connectivity index (χ4v) is 1.35. The number of carbonyl (C=O) groups is 1. The van der Waals surface area contributed by atoms with Crippen molar-refractivity contribution in [1.29, 1.82) is 5.41 Å². The lowest BCUT2D eigenvalue weighted by Crippen LogP contribution is -2.27. The van der Waals surface area contributed by atoms with Gasteiger partial charge in [-0.25, -0.2) is 0 Å². The fourth-order valence-electron chi connectivity index (χ4n) is 1.35. The van der Waals surface area contributed by atoms with E-state index in [1.54, 1.807) is 6.08 Å². The predicted molar refractivity (Wildman–Crippen MR) is 47.9 cm³/mol. The maximum absolute atomic E-state index is 11.3. The molecule has 12 heavy (non-hydrogen) atoms. The lowest BCUT2D eigenvalue weighted by molar-refractivity contribution is -0.116. The van der Waals surface area contributed by atoms with Crippen molar-refractivity contribution in [2.75, 3.05) is 0 Å². The third-order valence-corrected chi connectivity index (χ3v) is 2.43. The average Bonchev–Trinajstić information content (AvgIpc) is 1.96. The molecular weight excluding hydrogens is 152 g/mol. The first-order valence-electron chi connectivity index (χ1n) is 4.11. The molecule has 2 atom stereocenters. The van der Waals surface area contributed by atoms with Crippen molar-refractivity contribution < 1.29 is 4.79 Å². The van der Waals surface area contributed by atoms with Gasteiger partial charge in [0.15, 0.2) is 5.78 Å². The first-order chi connectivity index (χ1) is 5.52. The van der Waals surface area contributed by atoms with Gasteiger partial charge < -0.3 is 5.73 Å². The Morgan fingerprint density at radius 3 is 2.75 bits per heavy atom. The molecule has 2 unspecified atom stereocenters. The summed E-state index contributed by atoms with van der Waals surface area (Å²) in [6.07, 6.45) is 2.32. The summed E-state index contributed by atoms with van der Waals surface area (Å²) in [6.45, 7) is 4.08. The predicted octanol–water partition coefficient (Wildman–Crippen LogP) is 1.09. The van der Waals surface area contributed by atoms with Crippen molar-refractivity contribution in [3.05, 3.63) is 11.6 Å². The number of Topliss-reactive ketones (excluding diaryl/α,β-unsaturated/α-hetero) is 1. The molecule has 0 bridgehead atoms. The molecular formula is C9H14N2O. The van der Waals surface area contributed by atoms with Crippen LogP contribution in [0.4, 0.5) is 0 Å². The molecule has 1 aliphatic carbocycles. The van der Waals surface area contributed by atoms with Crippen LogP contribution in [0, 0.1) is 17.2 Å². The third-order valence-electron chi connectivity index (χ3n) is 2.43. The van der Waals surface area contributed by atoms with E-state index in [2.05, 4.69) is 0 Å². The Balaban J connectivity index is 2.93. The molecule has 0 heterocycles. The van der Waals surface area contributed by atoms with E-state index < -0.39 is 0 Å². The lowest BCUT2D eigenvalue weighted by Gasteiger charge is -2.22. The summed E-state index contributed by atoms with van der Waals surface area (Å²) in [5, 5.41) is 7.16. The molecule has 1 rings (SSSR count). The Kier molecular flexibility index (Phi) is 2.31. The highest BCUT2D eigenvalue weighted by molar-refractivity contribution is 6.20. The van der Waals surface area contributed by atoms with Gasteiger partial charge in [0.1, 0.15) is 5.84 Å². The Bertz CT molecular complexity index is 255. The highest BCUT2D eigenvalue weighted by Crippen LogP contribution is 2.25. The lowest BCUT2D eigenvalue weighted by atomic mass is 9.82. The van der Waals surface area contributed by atoms with E-state index in [4.69, 9.17) is 11.1 Å². The Labute approximate surface area is 72.2 Å². The second-order valence-corrected chi connectivity index (χ2v) is 3.46. The topological polar surface area (TPSA) is 66.9 Å². The minimum atomic E-state index is -0.0984. The zero-order valence-corrected chi connectivity index (χ0v) is 7.42. The third kappa shape index (κ3) is 1.55. The highest BCUT2D eigenvalue weighted by atomic mass is 16.1. The summed E-state index contributed by atoms with van der Waals surface area (Å²) in [6, 6.07) is 0. The zero-order valence-electron chi connectivity index (χ0n) is 7.42. The van der Waals surface area contributed by atoms with E-state index in [9.17, 15) is 4.79 Å². The summed E-state index contributed by atoms with van der Waals surface area (Å²) < 4.78 is 0. The molecule has 0 amide bonds. The van der Waals surface area contributed by atoms with E-state index >= 15 is 0 Å². The zero-order chi connectivity index (χ0) is 9.30. The monoisotopic (exact) mass is 166 g/mol. The largest absolute Gasteiger partial charge is 0.384 e. The molecule has 3 heteroatoms. The molecule has 3 N–H and O–H groups in total. The minimum absolute atomic E-state index is 0.00750. The molecule has 0 spiro atoms. The van der Waals surface area contributed by atoms with Gasteiger partial charge in [0.2, 0.25) is 0 Å². The summed E-state index contributed by atoms with van der Waals surface area (Å²) in [5.41, 5.74) is 5.66. The summed E-state index contributed by atoms with van der Waals surface area (Å²) >= 11 is 0.